The maximum Gasteiger partial charge on any atom is 0.305 e. The molecule has 0 aliphatic rings. The Morgan fingerprint density at radius 3 is 2.65 bits per heavy atom. The van der Waals surface area contributed by atoms with Crippen molar-refractivity contribution in [2.75, 3.05) is 13.6 Å². The molecule has 0 radical (unpaired) electrons. The van der Waals surface area contributed by atoms with Crippen LogP contribution in [0.3, 0.4) is 0 Å². The molecule has 0 saturated carbocycles. The summed E-state index contributed by atoms with van der Waals surface area (Å²) in [6.45, 7) is 0.109. The molecule has 92 valence electrons. The van der Waals surface area contributed by atoms with Gasteiger partial charge >= 0.3 is 5.97 Å². The summed E-state index contributed by atoms with van der Waals surface area (Å²) in [5, 5.41) is 8.51. The van der Waals surface area contributed by atoms with Crippen molar-refractivity contribution in [3.05, 3.63) is 34.1 Å². The number of hydrogen-bond acceptors (Lipinski definition) is 2. The average Bonchev–Trinajstić information content (AvgIpc) is 2.25. The molecule has 0 atom stereocenters. The van der Waals surface area contributed by atoms with Gasteiger partial charge in [-0.25, -0.2) is 4.39 Å². The molecule has 1 amide bonds. The second-order valence-corrected chi connectivity index (χ2v) is 4.35. The predicted octanol–water partition coefficient (Wildman–Crippen LogP) is 2.13. The van der Waals surface area contributed by atoms with Crippen LogP contribution in [0.15, 0.2) is 22.7 Å². The molecule has 4 nitrogen and oxygen atoms in total. The molecule has 1 aromatic rings. The fourth-order valence-corrected chi connectivity index (χ4v) is 1.75. The highest BCUT2D eigenvalue weighted by Gasteiger charge is 2.15. The first-order valence-electron chi connectivity index (χ1n) is 4.84. The van der Waals surface area contributed by atoms with Gasteiger partial charge in [0.05, 0.1) is 12.0 Å². The van der Waals surface area contributed by atoms with Crippen molar-refractivity contribution in [2.45, 2.75) is 6.42 Å². The van der Waals surface area contributed by atoms with E-state index in [1.54, 1.807) is 0 Å². The summed E-state index contributed by atoms with van der Waals surface area (Å²) in [4.78, 5) is 23.5. The first-order chi connectivity index (χ1) is 7.91. The zero-order valence-electron chi connectivity index (χ0n) is 9.11. The number of carboxylic acid groups (broad SMARTS) is 1. The van der Waals surface area contributed by atoms with E-state index in [0.29, 0.717) is 10.0 Å². The zero-order chi connectivity index (χ0) is 13.0. The van der Waals surface area contributed by atoms with Crippen LogP contribution in [-0.2, 0) is 4.79 Å². The molecule has 0 bridgehead atoms. The van der Waals surface area contributed by atoms with Crippen molar-refractivity contribution >= 4 is 27.8 Å². The van der Waals surface area contributed by atoms with E-state index in [2.05, 4.69) is 15.9 Å². The van der Waals surface area contributed by atoms with E-state index in [0.717, 1.165) is 0 Å². The largest absolute Gasteiger partial charge is 0.481 e. The maximum absolute atomic E-state index is 12.8. The lowest BCUT2D eigenvalue weighted by Crippen LogP contribution is -2.29. The van der Waals surface area contributed by atoms with Gasteiger partial charge in [-0.05, 0) is 34.1 Å². The van der Waals surface area contributed by atoms with Crippen LogP contribution in [0.2, 0.25) is 0 Å². The second-order valence-electron chi connectivity index (χ2n) is 3.49. The standard InChI is InChI=1S/C11H11BrFNO3/c1-14(5-4-10(15)16)11(17)8-3-2-7(13)6-9(8)12/h2-3,6H,4-5H2,1H3,(H,15,16). The Morgan fingerprint density at radius 1 is 1.47 bits per heavy atom. The third-order valence-electron chi connectivity index (χ3n) is 2.17. The minimum atomic E-state index is -0.970. The van der Waals surface area contributed by atoms with Gasteiger partial charge in [-0.15, -0.1) is 0 Å². The lowest BCUT2D eigenvalue weighted by Gasteiger charge is -2.16. The summed E-state index contributed by atoms with van der Waals surface area (Å²) in [6, 6.07) is 3.74. The number of hydrogen-bond donors (Lipinski definition) is 1. The van der Waals surface area contributed by atoms with E-state index in [9.17, 15) is 14.0 Å². The molecule has 0 unspecified atom stereocenters. The topological polar surface area (TPSA) is 57.6 Å². The number of aliphatic carboxylic acids is 1. The maximum atomic E-state index is 12.8. The van der Waals surface area contributed by atoms with Crippen molar-refractivity contribution in [1.82, 2.24) is 4.90 Å². The highest BCUT2D eigenvalue weighted by atomic mass is 79.9. The van der Waals surface area contributed by atoms with Gasteiger partial charge in [0.25, 0.3) is 5.91 Å². The van der Waals surface area contributed by atoms with Crippen LogP contribution < -0.4 is 0 Å². The molecule has 0 saturated heterocycles. The van der Waals surface area contributed by atoms with Gasteiger partial charge in [-0.3, -0.25) is 9.59 Å². The number of carbonyl (C=O) groups is 2. The first kappa shape index (κ1) is 13.6. The smallest absolute Gasteiger partial charge is 0.305 e. The molecule has 1 aromatic carbocycles. The van der Waals surface area contributed by atoms with Crippen LogP contribution in [0.1, 0.15) is 16.8 Å². The Morgan fingerprint density at radius 2 is 2.12 bits per heavy atom. The van der Waals surface area contributed by atoms with Crippen LogP contribution in [0, 0.1) is 5.82 Å². The van der Waals surface area contributed by atoms with E-state index < -0.39 is 11.8 Å². The number of carbonyl (C=O) groups excluding carboxylic acids is 1. The molecule has 17 heavy (non-hydrogen) atoms. The number of amides is 1. The number of benzene rings is 1. The minimum absolute atomic E-state index is 0.109. The fourth-order valence-electron chi connectivity index (χ4n) is 1.23. The molecular weight excluding hydrogens is 293 g/mol. The van der Waals surface area contributed by atoms with Gasteiger partial charge < -0.3 is 10.0 Å². The van der Waals surface area contributed by atoms with Gasteiger partial charge in [0, 0.05) is 18.1 Å². The predicted molar refractivity (Wildman–Crippen MR) is 63.3 cm³/mol. The molecule has 6 heteroatoms. The number of rotatable bonds is 4. The first-order valence-corrected chi connectivity index (χ1v) is 5.63. The van der Waals surface area contributed by atoms with Crippen LogP contribution in [-0.4, -0.2) is 35.5 Å². The number of halogens is 2. The van der Waals surface area contributed by atoms with Gasteiger partial charge in [0.1, 0.15) is 5.82 Å². The van der Waals surface area contributed by atoms with Crippen LogP contribution in [0.4, 0.5) is 4.39 Å². The van der Waals surface area contributed by atoms with Crippen molar-refractivity contribution in [3.63, 3.8) is 0 Å². The molecule has 1 N–H and O–H groups in total. The summed E-state index contributed by atoms with van der Waals surface area (Å²) < 4.78 is 13.2. The van der Waals surface area contributed by atoms with Crippen molar-refractivity contribution < 1.29 is 19.1 Å². The second kappa shape index (κ2) is 5.77. The zero-order valence-corrected chi connectivity index (χ0v) is 10.7. The summed E-state index contributed by atoms with van der Waals surface area (Å²) in [5.74, 6) is -1.76. The third kappa shape index (κ3) is 3.81. The quantitative estimate of drug-likeness (QED) is 0.927. The Balaban J connectivity index is 2.78. The van der Waals surface area contributed by atoms with Crippen molar-refractivity contribution in [1.29, 1.82) is 0 Å². The molecule has 0 heterocycles. The van der Waals surface area contributed by atoms with Gasteiger partial charge in [0.15, 0.2) is 0 Å². The van der Waals surface area contributed by atoms with E-state index >= 15 is 0 Å². The lowest BCUT2D eigenvalue weighted by atomic mass is 10.2. The normalized spacial score (nSPS) is 10.1. The van der Waals surface area contributed by atoms with Crippen LogP contribution in [0.5, 0.6) is 0 Å². The van der Waals surface area contributed by atoms with E-state index in [1.165, 1.54) is 30.1 Å². The summed E-state index contributed by atoms with van der Waals surface area (Å²) >= 11 is 3.09. The highest BCUT2D eigenvalue weighted by molar-refractivity contribution is 9.10. The summed E-state index contributed by atoms with van der Waals surface area (Å²) in [5.41, 5.74) is 0.305. The molecule has 0 aliphatic heterocycles. The van der Waals surface area contributed by atoms with Gasteiger partial charge in [0.2, 0.25) is 0 Å². The molecule has 0 aliphatic carbocycles. The van der Waals surface area contributed by atoms with Crippen molar-refractivity contribution in [3.8, 4) is 0 Å². The Hall–Kier alpha value is -1.43. The monoisotopic (exact) mass is 303 g/mol. The van der Waals surface area contributed by atoms with E-state index in [4.69, 9.17) is 5.11 Å². The number of nitrogens with zero attached hydrogens (tertiary/aromatic N) is 1. The lowest BCUT2D eigenvalue weighted by molar-refractivity contribution is -0.137. The highest BCUT2D eigenvalue weighted by Crippen LogP contribution is 2.19. The Labute approximate surface area is 106 Å². The molecule has 0 aromatic heterocycles. The number of carboxylic acids is 1. The average molecular weight is 304 g/mol. The van der Waals surface area contributed by atoms with E-state index in [-0.39, 0.29) is 18.9 Å². The minimum Gasteiger partial charge on any atom is -0.481 e. The van der Waals surface area contributed by atoms with Gasteiger partial charge in [-0.2, -0.15) is 0 Å². The molecular formula is C11H11BrFNO3. The Kier molecular flexibility index (Phi) is 4.62. The molecule has 1 rings (SSSR count). The molecule has 0 spiro atoms. The van der Waals surface area contributed by atoms with Crippen LogP contribution >= 0.6 is 15.9 Å². The summed E-state index contributed by atoms with van der Waals surface area (Å²) in [7, 11) is 1.50. The van der Waals surface area contributed by atoms with Crippen molar-refractivity contribution in [2.24, 2.45) is 0 Å². The fraction of sp³-hybridized carbons (Fsp3) is 0.273. The third-order valence-corrected chi connectivity index (χ3v) is 2.83. The van der Waals surface area contributed by atoms with Crippen LogP contribution in [0.25, 0.3) is 0 Å². The molecule has 0 fully saturated rings. The SMILES string of the molecule is CN(CCC(=O)O)C(=O)c1ccc(F)cc1Br. The van der Waals surface area contributed by atoms with E-state index in [1.807, 2.05) is 0 Å². The summed E-state index contributed by atoms with van der Waals surface area (Å²) in [6.07, 6.45) is -0.124. The van der Waals surface area contributed by atoms with Gasteiger partial charge in [-0.1, -0.05) is 0 Å². The Bertz CT molecular complexity index is 450.